The number of alkyl halides is 3. The second kappa shape index (κ2) is 6.69. The van der Waals surface area contributed by atoms with Crippen molar-refractivity contribution in [3.05, 3.63) is 11.8 Å². The van der Waals surface area contributed by atoms with Gasteiger partial charge in [0.1, 0.15) is 5.82 Å². The van der Waals surface area contributed by atoms with Gasteiger partial charge < -0.3 is 5.32 Å². The van der Waals surface area contributed by atoms with Gasteiger partial charge in [-0.1, -0.05) is 6.42 Å². The van der Waals surface area contributed by atoms with E-state index in [-0.39, 0.29) is 17.8 Å². The Labute approximate surface area is 125 Å². The third-order valence-corrected chi connectivity index (χ3v) is 4.55. The molecule has 1 aromatic rings. The second-order valence-corrected chi connectivity index (χ2v) is 6.11. The van der Waals surface area contributed by atoms with Crippen LogP contribution in [-0.4, -0.2) is 27.5 Å². The quantitative estimate of drug-likeness (QED) is 0.585. The number of nitrogens with zero attached hydrogens (tertiary/aromatic N) is 2. The number of nitrogen functional groups attached to an aromatic ring is 1. The number of halogens is 3. The Kier molecular flexibility index (Phi) is 5.15. The summed E-state index contributed by atoms with van der Waals surface area (Å²) in [5, 5.41) is 3.61. The molecule has 0 spiro atoms. The van der Waals surface area contributed by atoms with Crippen molar-refractivity contribution in [1.29, 1.82) is 0 Å². The highest BCUT2D eigenvalue weighted by Crippen LogP contribution is 2.31. The minimum absolute atomic E-state index is 0.123. The SMILES string of the molecule is CSC1CCCC(Nc2cc(C(F)(F)F)nc(NN)n2)C1. The number of hydrazine groups is 1. The van der Waals surface area contributed by atoms with Crippen molar-refractivity contribution in [2.45, 2.75) is 43.2 Å². The highest BCUT2D eigenvalue weighted by atomic mass is 32.2. The fourth-order valence-corrected chi connectivity index (χ4v) is 3.26. The fraction of sp³-hybridized carbons (Fsp3) is 0.667. The van der Waals surface area contributed by atoms with Crippen molar-refractivity contribution in [2.24, 2.45) is 5.84 Å². The molecule has 1 fully saturated rings. The zero-order chi connectivity index (χ0) is 15.5. The Bertz CT molecular complexity index is 482. The maximum Gasteiger partial charge on any atom is 0.433 e. The van der Waals surface area contributed by atoms with Crippen molar-refractivity contribution in [3.8, 4) is 0 Å². The summed E-state index contributed by atoms with van der Waals surface area (Å²) in [5.41, 5.74) is 1.06. The van der Waals surface area contributed by atoms with Crippen molar-refractivity contribution in [2.75, 3.05) is 17.0 Å². The molecule has 0 radical (unpaired) electrons. The second-order valence-electron chi connectivity index (χ2n) is 4.97. The van der Waals surface area contributed by atoms with Gasteiger partial charge >= 0.3 is 6.18 Å². The third kappa shape index (κ3) is 4.37. The smallest absolute Gasteiger partial charge is 0.367 e. The lowest BCUT2D eigenvalue weighted by Gasteiger charge is -2.29. The van der Waals surface area contributed by atoms with Crippen LogP contribution in [0.25, 0.3) is 0 Å². The van der Waals surface area contributed by atoms with Gasteiger partial charge in [-0.05, 0) is 25.5 Å². The average molecular weight is 321 g/mol. The Hall–Kier alpha value is -1.22. The first kappa shape index (κ1) is 16.2. The molecule has 1 heterocycles. The molecule has 0 saturated heterocycles. The molecule has 1 saturated carbocycles. The van der Waals surface area contributed by atoms with E-state index in [1.165, 1.54) is 0 Å². The Balaban J connectivity index is 2.15. The minimum atomic E-state index is -4.53. The van der Waals surface area contributed by atoms with Gasteiger partial charge in [0.2, 0.25) is 5.95 Å². The summed E-state index contributed by atoms with van der Waals surface area (Å²) in [7, 11) is 0. The molecule has 0 aromatic carbocycles. The first-order valence-electron chi connectivity index (χ1n) is 6.64. The van der Waals surface area contributed by atoms with Crippen molar-refractivity contribution >= 4 is 23.5 Å². The van der Waals surface area contributed by atoms with E-state index in [1.54, 1.807) is 11.8 Å². The molecular formula is C12H18F3N5S. The van der Waals surface area contributed by atoms with Gasteiger partial charge in [-0.15, -0.1) is 0 Å². The molecule has 2 unspecified atom stereocenters. The maximum atomic E-state index is 12.8. The molecule has 118 valence electrons. The Morgan fingerprint density at radius 3 is 2.71 bits per heavy atom. The van der Waals surface area contributed by atoms with E-state index in [9.17, 15) is 13.2 Å². The first-order chi connectivity index (χ1) is 9.92. The molecule has 1 aromatic heterocycles. The zero-order valence-corrected chi connectivity index (χ0v) is 12.4. The molecule has 0 amide bonds. The van der Waals surface area contributed by atoms with Crippen LogP contribution < -0.4 is 16.6 Å². The third-order valence-electron chi connectivity index (χ3n) is 3.46. The van der Waals surface area contributed by atoms with E-state index in [2.05, 4.69) is 27.0 Å². The van der Waals surface area contributed by atoms with Gasteiger partial charge in [0.05, 0.1) is 0 Å². The van der Waals surface area contributed by atoms with E-state index in [1.807, 2.05) is 0 Å². The minimum Gasteiger partial charge on any atom is -0.367 e. The Morgan fingerprint density at radius 2 is 2.10 bits per heavy atom. The van der Waals surface area contributed by atoms with E-state index in [0.717, 1.165) is 31.7 Å². The lowest BCUT2D eigenvalue weighted by atomic mass is 9.95. The van der Waals surface area contributed by atoms with Crippen LogP contribution >= 0.6 is 11.8 Å². The summed E-state index contributed by atoms with van der Waals surface area (Å²) in [6, 6.07) is 1.04. The highest BCUT2D eigenvalue weighted by molar-refractivity contribution is 7.99. The monoisotopic (exact) mass is 321 g/mol. The van der Waals surface area contributed by atoms with E-state index < -0.39 is 11.9 Å². The lowest BCUT2D eigenvalue weighted by Crippen LogP contribution is -2.29. The number of thioether (sulfide) groups is 1. The highest BCUT2D eigenvalue weighted by Gasteiger charge is 2.34. The number of anilines is 2. The molecule has 0 bridgehead atoms. The summed E-state index contributed by atoms with van der Waals surface area (Å²) in [6.07, 6.45) is 1.57. The first-order valence-corrected chi connectivity index (χ1v) is 7.93. The fourth-order valence-electron chi connectivity index (χ4n) is 2.43. The molecule has 0 aliphatic heterocycles. The van der Waals surface area contributed by atoms with Crippen LogP contribution in [0.2, 0.25) is 0 Å². The summed E-state index contributed by atoms with van der Waals surface area (Å²) < 4.78 is 38.4. The van der Waals surface area contributed by atoms with Crippen LogP contribution in [0.15, 0.2) is 6.07 Å². The summed E-state index contributed by atoms with van der Waals surface area (Å²) in [6.45, 7) is 0. The van der Waals surface area contributed by atoms with Crippen molar-refractivity contribution in [3.63, 3.8) is 0 Å². The molecule has 9 heteroatoms. The van der Waals surface area contributed by atoms with Crippen LogP contribution in [0.3, 0.4) is 0 Å². The molecule has 2 atom stereocenters. The number of hydrogen-bond acceptors (Lipinski definition) is 6. The molecule has 1 aliphatic carbocycles. The molecule has 5 nitrogen and oxygen atoms in total. The standard InChI is InChI=1S/C12H18F3N5S/c1-21-8-4-2-3-7(5-8)17-10-6-9(12(13,14)15)18-11(19-10)20-16/h6-8H,2-5,16H2,1H3,(H2,17,18,19,20). The summed E-state index contributed by atoms with van der Waals surface area (Å²) >= 11 is 1.79. The lowest BCUT2D eigenvalue weighted by molar-refractivity contribution is -0.141. The van der Waals surface area contributed by atoms with Crippen LogP contribution in [-0.2, 0) is 6.18 Å². The van der Waals surface area contributed by atoms with E-state index >= 15 is 0 Å². The average Bonchev–Trinajstić information content (AvgIpc) is 2.46. The number of nitrogens with one attached hydrogen (secondary N) is 2. The molecule has 21 heavy (non-hydrogen) atoms. The molecular weight excluding hydrogens is 303 g/mol. The van der Waals surface area contributed by atoms with Crippen molar-refractivity contribution in [1.82, 2.24) is 9.97 Å². The van der Waals surface area contributed by atoms with Crippen LogP contribution in [0.1, 0.15) is 31.4 Å². The van der Waals surface area contributed by atoms with E-state index in [0.29, 0.717) is 5.25 Å². The summed E-state index contributed by atoms with van der Waals surface area (Å²) in [4.78, 5) is 7.28. The van der Waals surface area contributed by atoms with Crippen LogP contribution in [0.4, 0.5) is 24.9 Å². The van der Waals surface area contributed by atoms with Gasteiger partial charge in [-0.2, -0.15) is 29.9 Å². The van der Waals surface area contributed by atoms with Crippen LogP contribution in [0.5, 0.6) is 0 Å². The molecule has 4 N–H and O–H groups in total. The topological polar surface area (TPSA) is 75.9 Å². The van der Waals surface area contributed by atoms with Gasteiger partial charge in [-0.3, -0.25) is 5.43 Å². The van der Waals surface area contributed by atoms with E-state index in [4.69, 9.17) is 5.84 Å². The number of hydrogen-bond donors (Lipinski definition) is 3. The number of rotatable bonds is 4. The van der Waals surface area contributed by atoms with Crippen molar-refractivity contribution < 1.29 is 13.2 Å². The number of aromatic nitrogens is 2. The predicted molar refractivity (Wildman–Crippen MR) is 78.0 cm³/mol. The van der Waals surface area contributed by atoms with Gasteiger partial charge in [-0.25, -0.2) is 10.8 Å². The van der Waals surface area contributed by atoms with Gasteiger partial charge in [0, 0.05) is 17.4 Å². The predicted octanol–water partition coefficient (Wildman–Crippen LogP) is 2.87. The van der Waals surface area contributed by atoms with Crippen LogP contribution in [0, 0.1) is 0 Å². The summed E-state index contributed by atoms with van der Waals surface area (Å²) in [5.74, 6) is 5.04. The molecule has 1 aliphatic rings. The van der Waals surface area contributed by atoms with Gasteiger partial charge in [0.15, 0.2) is 5.69 Å². The Morgan fingerprint density at radius 1 is 1.33 bits per heavy atom. The normalized spacial score (nSPS) is 22.9. The largest absolute Gasteiger partial charge is 0.433 e. The zero-order valence-electron chi connectivity index (χ0n) is 11.6. The van der Waals surface area contributed by atoms with Gasteiger partial charge in [0.25, 0.3) is 0 Å². The number of nitrogens with two attached hydrogens (primary N) is 1. The maximum absolute atomic E-state index is 12.8. The molecule has 2 rings (SSSR count).